The maximum absolute atomic E-state index is 13.4. The first-order valence-electron chi connectivity index (χ1n) is 16.2. The Morgan fingerprint density at radius 3 is 2.41 bits per heavy atom. The number of anilines is 3. The summed E-state index contributed by atoms with van der Waals surface area (Å²) in [7, 11) is 0. The summed E-state index contributed by atoms with van der Waals surface area (Å²) >= 11 is 0. The van der Waals surface area contributed by atoms with Crippen molar-refractivity contribution in [3.05, 3.63) is 112 Å². The van der Waals surface area contributed by atoms with Gasteiger partial charge in [0.25, 0.3) is 0 Å². The molecule has 0 fully saturated rings. The van der Waals surface area contributed by atoms with Gasteiger partial charge >= 0.3 is 5.97 Å². The largest absolute Gasteiger partial charge is 0.456 e. The molecule has 5 nitrogen and oxygen atoms in total. The van der Waals surface area contributed by atoms with Crippen molar-refractivity contribution >= 4 is 23.0 Å². The molecule has 0 amide bonds. The van der Waals surface area contributed by atoms with Crippen molar-refractivity contribution in [3.63, 3.8) is 0 Å². The number of hydrogen-bond donors (Lipinski definition) is 1. The summed E-state index contributed by atoms with van der Waals surface area (Å²) in [5.74, 6) is 1.82. The van der Waals surface area contributed by atoms with Gasteiger partial charge in [-0.15, -0.1) is 0 Å². The number of esters is 1. The Hall–Kier alpha value is -4.25. The Kier molecular flexibility index (Phi) is 8.40. The number of nitrogens with zero attached hydrogens (tertiary/aromatic N) is 1. The molecule has 44 heavy (non-hydrogen) atoms. The van der Waals surface area contributed by atoms with Gasteiger partial charge in [-0.2, -0.15) is 0 Å². The highest BCUT2D eigenvalue weighted by molar-refractivity contribution is 5.97. The van der Waals surface area contributed by atoms with Gasteiger partial charge < -0.3 is 19.7 Å². The molecule has 0 aliphatic carbocycles. The first-order chi connectivity index (χ1) is 21.3. The normalized spacial score (nSPS) is 16.3. The lowest BCUT2D eigenvalue weighted by molar-refractivity contribution is 0.0224. The number of fused-ring (bicyclic) bond motifs is 6. The zero-order valence-corrected chi connectivity index (χ0v) is 26.7. The highest BCUT2D eigenvalue weighted by Crippen LogP contribution is 2.57. The molecule has 1 N–H and O–H groups in total. The first-order valence-corrected chi connectivity index (χ1v) is 16.2. The molecule has 4 aromatic rings. The van der Waals surface area contributed by atoms with Crippen LogP contribution < -0.4 is 15.0 Å². The van der Waals surface area contributed by atoms with E-state index in [0.29, 0.717) is 17.2 Å². The predicted molar refractivity (Wildman–Crippen MR) is 180 cm³/mol. The third-order valence-electron chi connectivity index (χ3n) is 8.95. The van der Waals surface area contributed by atoms with Crippen molar-refractivity contribution in [2.75, 3.05) is 23.3 Å². The average Bonchev–Trinajstić information content (AvgIpc) is 3.29. The third kappa shape index (κ3) is 5.56. The van der Waals surface area contributed by atoms with Crippen molar-refractivity contribution in [1.29, 1.82) is 0 Å². The topological polar surface area (TPSA) is 50.8 Å². The van der Waals surface area contributed by atoms with Gasteiger partial charge in [0.2, 0.25) is 0 Å². The molecule has 228 valence electrons. The van der Waals surface area contributed by atoms with Crippen LogP contribution in [0.3, 0.4) is 0 Å². The number of nitrogens with one attached hydrogen (secondary N) is 1. The lowest BCUT2D eigenvalue weighted by Crippen LogP contribution is -2.33. The minimum absolute atomic E-state index is 0.313. The van der Waals surface area contributed by atoms with E-state index in [2.05, 4.69) is 93.4 Å². The van der Waals surface area contributed by atoms with E-state index in [0.717, 1.165) is 71.0 Å². The van der Waals surface area contributed by atoms with Gasteiger partial charge in [0.15, 0.2) is 5.60 Å². The summed E-state index contributed by atoms with van der Waals surface area (Å²) in [5.41, 5.74) is 7.37. The van der Waals surface area contributed by atoms with Crippen LogP contribution in [0, 0.1) is 19.8 Å². The molecule has 0 bridgehead atoms. The second-order valence-corrected chi connectivity index (χ2v) is 12.8. The number of carbonyl (C=O) groups is 1. The van der Waals surface area contributed by atoms with Crippen LogP contribution in [0.5, 0.6) is 11.5 Å². The summed E-state index contributed by atoms with van der Waals surface area (Å²) in [5, 5.41) is 3.60. The van der Waals surface area contributed by atoms with Crippen LogP contribution in [0.2, 0.25) is 0 Å². The highest BCUT2D eigenvalue weighted by atomic mass is 16.6. The maximum Gasteiger partial charge on any atom is 0.340 e. The van der Waals surface area contributed by atoms with E-state index in [1.807, 2.05) is 30.3 Å². The van der Waals surface area contributed by atoms with Crippen LogP contribution in [0.1, 0.15) is 91.1 Å². The molecule has 2 aliphatic heterocycles. The summed E-state index contributed by atoms with van der Waals surface area (Å²) in [6.45, 7) is 13.0. The fourth-order valence-corrected chi connectivity index (χ4v) is 6.63. The van der Waals surface area contributed by atoms with Gasteiger partial charge in [0, 0.05) is 52.9 Å². The molecule has 2 aliphatic rings. The van der Waals surface area contributed by atoms with Crippen LogP contribution in [0.25, 0.3) is 0 Å². The highest BCUT2D eigenvalue weighted by Gasteiger charge is 2.53. The van der Waals surface area contributed by atoms with Gasteiger partial charge in [0.05, 0.1) is 5.56 Å². The van der Waals surface area contributed by atoms with E-state index in [9.17, 15) is 4.79 Å². The van der Waals surface area contributed by atoms with E-state index in [1.54, 1.807) is 0 Å². The molecule has 2 heterocycles. The van der Waals surface area contributed by atoms with Crippen molar-refractivity contribution < 1.29 is 14.3 Å². The summed E-state index contributed by atoms with van der Waals surface area (Å²) in [6, 6.07) is 26.7. The summed E-state index contributed by atoms with van der Waals surface area (Å²) in [4.78, 5) is 15.9. The molecule has 4 aromatic carbocycles. The molecular formula is C39H44N2O3. The van der Waals surface area contributed by atoms with Crippen LogP contribution >= 0.6 is 0 Å². The molecule has 1 unspecified atom stereocenters. The maximum atomic E-state index is 13.4. The molecule has 5 heteroatoms. The van der Waals surface area contributed by atoms with E-state index in [1.165, 1.54) is 24.8 Å². The quantitative estimate of drug-likeness (QED) is 0.140. The Balaban J connectivity index is 1.46. The van der Waals surface area contributed by atoms with Crippen molar-refractivity contribution in [3.8, 4) is 11.5 Å². The third-order valence-corrected chi connectivity index (χ3v) is 8.95. The predicted octanol–water partition coefficient (Wildman–Crippen LogP) is 10.0. The SMILES string of the molecule is CCCCCN(CCCC(C)C)c1ccc2c(c1)Oc1cc(C)c(Nc3cccc(C)c3)cc1C21OC(=O)c2ccccc21. The summed E-state index contributed by atoms with van der Waals surface area (Å²) < 4.78 is 13.2. The van der Waals surface area contributed by atoms with Crippen molar-refractivity contribution in [2.45, 2.75) is 72.3 Å². The van der Waals surface area contributed by atoms with Gasteiger partial charge in [-0.1, -0.05) is 63.9 Å². The fourth-order valence-electron chi connectivity index (χ4n) is 6.63. The molecule has 0 saturated carbocycles. The van der Waals surface area contributed by atoms with Gasteiger partial charge in [-0.25, -0.2) is 4.79 Å². The molecule has 1 atom stereocenters. The van der Waals surface area contributed by atoms with Crippen LogP contribution in [-0.4, -0.2) is 19.1 Å². The number of benzene rings is 4. The summed E-state index contributed by atoms with van der Waals surface area (Å²) in [6.07, 6.45) is 5.91. The minimum Gasteiger partial charge on any atom is -0.456 e. The van der Waals surface area contributed by atoms with E-state index < -0.39 is 5.60 Å². The standard InChI is InChI=1S/C39H44N2O3/c1-6-7-10-20-41(21-12-13-26(2)3)30-18-19-33-37(24-30)43-36-23-28(5)35(40-29-15-11-14-27(4)22-29)25-34(36)39(33)32-17-9-8-16-31(32)38(42)44-39/h8-9,11,14-19,22-26,40H,6-7,10,12-13,20-21H2,1-5H3. The molecule has 0 aromatic heterocycles. The van der Waals surface area contributed by atoms with Crippen LogP contribution in [-0.2, 0) is 10.3 Å². The first kappa shape index (κ1) is 29.8. The molecule has 1 spiro atoms. The van der Waals surface area contributed by atoms with E-state index in [-0.39, 0.29) is 5.97 Å². The molecule has 0 radical (unpaired) electrons. The average molecular weight is 589 g/mol. The molecule has 0 saturated heterocycles. The Bertz CT molecular complexity index is 1680. The lowest BCUT2D eigenvalue weighted by atomic mass is 9.77. The fraction of sp³-hybridized carbons (Fsp3) is 0.359. The zero-order chi connectivity index (χ0) is 30.8. The monoisotopic (exact) mass is 588 g/mol. The van der Waals surface area contributed by atoms with Gasteiger partial charge in [-0.05, 0) is 92.6 Å². The molecule has 6 rings (SSSR count). The number of ether oxygens (including phenoxy) is 2. The van der Waals surface area contributed by atoms with E-state index in [4.69, 9.17) is 9.47 Å². The van der Waals surface area contributed by atoms with Gasteiger partial charge in [0.1, 0.15) is 11.5 Å². The number of unbranched alkanes of at least 4 members (excludes halogenated alkanes) is 2. The van der Waals surface area contributed by atoms with Gasteiger partial charge in [-0.3, -0.25) is 0 Å². The minimum atomic E-state index is -1.10. The van der Waals surface area contributed by atoms with Crippen molar-refractivity contribution in [1.82, 2.24) is 0 Å². The van der Waals surface area contributed by atoms with Crippen LogP contribution in [0.4, 0.5) is 17.1 Å². The number of aryl methyl sites for hydroxylation is 2. The second-order valence-electron chi connectivity index (χ2n) is 12.8. The lowest BCUT2D eigenvalue weighted by Gasteiger charge is -2.38. The Morgan fingerprint density at radius 1 is 0.818 bits per heavy atom. The number of hydrogen-bond acceptors (Lipinski definition) is 5. The van der Waals surface area contributed by atoms with Crippen molar-refractivity contribution in [2.24, 2.45) is 5.92 Å². The zero-order valence-electron chi connectivity index (χ0n) is 26.7. The second kappa shape index (κ2) is 12.4. The molecular weight excluding hydrogens is 544 g/mol. The van der Waals surface area contributed by atoms with Crippen LogP contribution in [0.15, 0.2) is 78.9 Å². The Labute approximate surface area is 262 Å². The Morgan fingerprint density at radius 2 is 1.61 bits per heavy atom. The number of rotatable bonds is 11. The number of carbonyl (C=O) groups excluding carboxylic acids is 1. The smallest absolute Gasteiger partial charge is 0.340 e. The van der Waals surface area contributed by atoms with E-state index >= 15 is 0 Å².